The van der Waals surface area contributed by atoms with Crippen LogP contribution in [0.1, 0.15) is 17.6 Å². The van der Waals surface area contributed by atoms with Crippen molar-refractivity contribution < 1.29 is 28.0 Å². The molecule has 1 saturated heterocycles. The van der Waals surface area contributed by atoms with Crippen molar-refractivity contribution in [2.24, 2.45) is 5.73 Å². The first-order chi connectivity index (χ1) is 15.3. The molecule has 2 aromatic carbocycles. The van der Waals surface area contributed by atoms with Gasteiger partial charge in [-0.05, 0) is 30.3 Å². The minimum absolute atomic E-state index is 0.0269. The van der Waals surface area contributed by atoms with Crippen LogP contribution >= 0.6 is 0 Å². The third-order valence-electron chi connectivity index (χ3n) is 4.85. The first-order valence-corrected chi connectivity index (χ1v) is 9.58. The molecule has 2 heterocycles. The lowest BCUT2D eigenvalue weighted by Crippen LogP contribution is -2.38. The zero-order chi connectivity index (χ0) is 22.8. The summed E-state index contributed by atoms with van der Waals surface area (Å²) in [7, 11) is 0. The van der Waals surface area contributed by atoms with Gasteiger partial charge in [0, 0.05) is 12.6 Å². The minimum Gasteiger partial charge on any atom is -0.442 e. The molecule has 1 aliphatic heterocycles. The van der Waals surface area contributed by atoms with Crippen molar-refractivity contribution in [1.82, 2.24) is 10.1 Å². The highest BCUT2D eigenvalue weighted by Gasteiger charge is 2.35. The molecule has 2 N–H and O–H groups in total. The van der Waals surface area contributed by atoms with Crippen LogP contribution in [0.5, 0.6) is 0 Å². The second-order valence-electron chi connectivity index (χ2n) is 7.03. The van der Waals surface area contributed by atoms with Crippen LogP contribution in [0.25, 0.3) is 11.4 Å². The number of ether oxygens (including phenoxy) is 1. The average Bonchev–Trinajstić information content (AvgIpc) is 3.39. The maximum atomic E-state index is 14.7. The van der Waals surface area contributed by atoms with E-state index in [2.05, 4.69) is 14.7 Å². The summed E-state index contributed by atoms with van der Waals surface area (Å²) >= 11 is 0. The molecule has 0 radical (unpaired) electrons. The van der Waals surface area contributed by atoms with Crippen LogP contribution in [-0.2, 0) is 9.53 Å². The fourth-order valence-electron chi connectivity index (χ4n) is 3.34. The third kappa shape index (κ3) is 4.13. The number of amides is 3. The lowest BCUT2D eigenvalue weighted by molar-refractivity contribution is -0.116. The number of hydrogen-bond acceptors (Lipinski definition) is 7. The van der Waals surface area contributed by atoms with Crippen LogP contribution in [0.4, 0.5) is 20.6 Å². The molecular weight excluding hydrogens is 421 g/mol. The Hall–Kier alpha value is -4.28. The minimum atomic E-state index is -0.929. The van der Waals surface area contributed by atoms with E-state index in [0.29, 0.717) is 5.69 Å². The predicted octanol–water partition coefficient (Wildman–Crippen LogP) is 2.35. The van der Waals surface area contributed by atoms with Gasteiger partial charge in [0.25, 0.3) is 0 Å². The van der Waals surface area contributed by atoms with Crippen molar-refractivity contribution in [1.29, 1.82) is 0 Å². The molecule has 0 aliphatic carbocycles. The first-order valence-electron chi connectivity index (χ1n) is 9.58. The molecule has 32 heavy (non-hydrogen) atoms. The van der Waals surface area contributed by atoms with Gasteiger partial charge < -0.3 is 19.9 Å². The summed E-state index contributed by atoms with van der Waals surface area (Å²) in [6.07, 6.45) is -1.26. The Labute approximate surface area is 181 Å². The molecule has 11 heteroatoms. The van der Waals surface area contributed by atoms with Gasteiger partial charge in [-0.15, -0.1) is 0 Å². The summed E-state index contributed by atoms with van der Waals surface area (Å²) in [6, 6.07) is 13.0. The van der Waals surface area contributed by atoms with Crippen molar-refractivity contribution in [2.45, 2.75) is 13.0 Å². The molecular formula is C21H18FN5O5. The number of halogens is 1. The Bertz CT molecular complexity index is 1180. The maximum Gasteiger partial charge on any atom is 0.414 e. The zero-order valence-corrected chi connectivity index (χ0v) is 16.9. The van der Waals surface area contributed by atoms with E-state index in [-0.39, 0.29) is 36.1 Å². The van der Waals surface area contributed by atoms with E-state index >= 15 is 0 Å². The van der Waals surface area contributed by atoms with E-state index in [1.54, 1.807) is 24.3 Å². The zero-order valence-electron chi connectivity index (χ0n) is 16.9. The van der Waals surface area contributed by atoms with Gasteiger partial charge >= 0.3 is 17.9 Å². The molecule has 0 saturated carbocycles. The maximum absolute atomic E-state index is 14.7. The van der Waals surface area contributed by atoms with Gasteiger partial charge in [0.1, 0.15) is 11.9 Å². The number of hydrogen-bond donors (Lipinski definition) is 1. The van der Waals surface area contributed by atoms with Gasteiger partial charge in [-0.25, -0.2) is 9.18 Å². The lowest BCUT2D eigenvalue weighted by Gasteiger charge is -2.23. The number of carbonyl (C=O) groups is 3. The topological polar surface area (TPSA) is 132 Å². The van der Waals surface area contributed by atoms with Crippen molar-refractivity contribution in [3.05, 3.63) is 60.2 Å². The predicted molar refractivity (Wildman–Crippen MR) is 110 cm³/mol. The Balaban J connectivity index is 1.51. The van der Waals surface area contributed by atoms with Crippen LogP contribution in [0.15, 0.2) is 53.1 Å². The summed E-state index contributed by atoms with van der Waals surface area (Å²) in [5.41, 5.74) is 5.97. The van der Waals surface area contributed by atoms with Crippen molar-refractivity contribution in [3.63, 3.8) is 0 Å². The number of nitrogens with two attached hydrogens (primary N) is 1. The standard InChI is InChI=1S/C21H18FN5O5/c1-12(28)26(13-5-3-2-4-6-13)10-15-11-27(21(30)31-15)14-7-8-16(17(22)9-14)19-24-20(18(23)29)32-25-19/h2-9,15H,10-11H2,1H3,(H2,23,29). The Morgan fingerprint density at radius 1 is 1.25 bits per heavy atom. The van der Waals surface area contributed by atoms with Crippen LogP contribution in [0, 0.1) is 5.82 Å². The van der Waals surface area contributed by atoms with E-state index in [1.807, 2.05) is 6.07 Å². The van der Waals surface area contributed by atoms with Crippen molar-refractivity contribution >= 4 is 29.3 Å². The van der Waals surface area contributed by atoms with Gasteiger partial charge in [0.05, 0.1) is 24.3 Å². The Morgan fingerprint density at radius 3 is 2.62 bits per heavy atom. The molecule has 1 fully saturated rings. The second kappa shape index (κ2) is 8.46. The normalized spacial score (nSPS) is 15.5. The van der Waals surface area contributed by atoms with Gasteiger partial charge in [0.15, 0.2) is 0 Å². The van der Waals surface area contributed by atoms with Crippen LogP contribution < -0.4 is 15.5 Å². The number of benzene rings is 2. The number of anilines is 2. The molecule has 4 rings (SSSR count). The fourth-order valence-corrected chi connectivity index (χ4v) is 3.34. The largest absolute Gasteiger partial charge is 0.442 e. The Kier molecular flexibility index (Phi) is 5.54. The number of nitrogens with zero attached hydrogens (tertiary/aromatic N) is 4. The van der Waals surface area contributed by atoms with Crippen LogP contribution in [0.3, 0.4) is 0 Å². The summed E-state index contributed by atoms with van der Waals surface area (Å²) < 4.78 is 24.8. The molecule has 0 bridgehead atoms. The Morgan fingerprint density at radius 2 is 2.00 bits per heavy atom. The summed E-state index contributed by atoms with van der Waals surface area (Å²) in [5, 5.41) is 3.53. The van der Waals surface area contributed by atoms with E-state index in [0.717, 1.165) is 6.07 Å². The highest BCUT2D eigenvalue weighted by molar-refractivity contribution is 5.93. The van der Waals surface area contributed by atoms with Gasteiger partial charge in [-0.1, -0.05) is 23.4 Å². The highest BCUT2D eigenvalue weighted by atomic mass is 19.1. The summed E-state index contributed by atoms with van der Waals surface area (Å²) in [6.45, 7) is 1.71. The number of para-hydroxylation sites is 1. The van der Waals surface area contributed by atoms with Crippen LogP contribution in [-0.4, -0.2) is 47.2 Å². The quantitative estimate of drug-likeness (QED) is 0.623. The molecule has 1 aliphatic rings. The molecule has 3 aromatic rings. The van der Waals surface area contributed by atoms with Crippen LogP contribution in [0.2, 0.25) is 0 Å². The van der Waals surface area contributed by atoms with E-state index in [4.69, 9.17) is 10.5 Å². The van der Waals surface area contributed by atoms with Gasteiger partial charge in [0.2, 0.25) is 11.7 Å². The number of primary amides is 1. The molecule has 1 unspecified atom stereocenters. The van der Waals surface area contributed by atoms with Crippen molar-refractivity contribution in [3.8, 4) is 11.4 Å². The molecule has 3 amide bonds. The molecule has 1 atom stereocenters. The third-order valence-corrected chi connectivity index (χ3v) is 4.85. The monoisotopic (exact) mass is 439 g/mol. The number of carbonyl (C=O) groups excluding carboxylic acids is 3. The molecule has 164 valence electrons. The van der Waals surface area contributed by atoms with E-state index in [9.17, 15) is 18.8 Å². The van der Waals surface area contributed by atoms with Gasteiger partial charge in [-0.2, -0.15) is 4.98 Å². The van der Waals surface area contributed by atoms with Gasteiger partial charge in [-0.3, -0.25) is 14.5 Å². The average molecular weight is 439 g/mol. The molecule has 1 aromatic heterocycles. The smallest absolute Gasteiger partial charge is 0.414 e. The van der Waals surface area contributed by atoms with E-state index < -0.39 is 29.8 Å². The first kappa shape index (κ1) is 21.0. The van der Waals surface area contributed by atoms with E-state index in [1.165, 1.54) is 28.9 Å². The summed E-state index contributed by atoms with van der Waals surface area (Å²) in [5.74, 6) is -2.45. The molecule has 10 nitrogen and oxygen atoms in total. The van der Waals surface area contributed by atoms with Crippen molar-refractivity contribution in [2.75, 3.05) is 22.9 Å². The number of cyclic esters (lactones) is 1. The fraction of sp³-hybridized carbons (Fsp3) is 0.190. The highest BCUT2D eigenvalue weighted by Crippen LogP contribution is 2.28. The summed E-state index contributed by atoms with van der Waals surface area (Å²) in [4.78, 5) is 42.1. The number of rotatable bonds is 6. The second-order valence-corrected chi connectivity index (χ2v) is 7.03. The number of aromatic nitrogens is 2. The SMILES string of the molecule is CC(=O)N(CC1CN(c2ccc(-c3noc(C(N)=O)n3)c(F)c2)C(=O)O1)c1ccccc1. The lowest BCUT2D eigenvalue weighted by atomic mass is 10.1. The molecule has 0 spiro atoms.